The quantitative estimate of drug-likeness (QED) is 0.616. The number of hydrogen-bond donors (Lipinski definition) is 0. The van der Waals surface area contributed by atoms with Crippen LogP contribution >= 0.6 is 0 Å². The third-order valence-electron chi connectivity index (χ3n) is 3.19. The zero-order valence-electron chi connectivity index (χ0n) is 10.9. The Hall–Kier alpha value is -1.10. The Balaban J connectivity index is 2.25. The van der Waals surface area contributed by atoms with Crippen LogP contribution in [-0.4, -0.2) is 73.3 Å². The van der Waals surface area contributed by atoms with E-state index in [1.54, 1.807) is 9.80 Å². The number of rotatable bonds is 6. The molecule has 5 heteroatoms. The van der Waals surface area contributed by atoms with Gasteiger partial charge in [0.25, 0.3) is 0 Å². The van der Waals surface area contributed by atoms with Crippen LogP contribution in [0.4, 0.5) is 0 Å². The molecule has 0 saturated carbocycles. The molecule has 0 aromatic heterocycles. The van der Waals surface area contributed by atoms with Gasteiger partial charge in [-0.3, -0.25) is 14.5 Å². The van der Waals surface area contributed by atoms with Crippen molar-refractivity contribution in [1.29, 1.82) is 0 Å². The highest BCUT2D eigenvalue weighted by molar-refractivity contribution is 5.78. The molecule has 2 amide bonds. The first-order chi connectivity index (χ1) is 8.17. The Labute approximate surface area is 103 Å². The minimum Gasteiger partial charge on any atom is -0.345 e. The maximum atomic E-state index is 11.9. The van der Waals surface area contributed by atoms with Gasteiger partial charge in [-0.25, -0.2) is 0 Å². The molecule has 0 atom stereocenters. The van der Waals surface area contributed by atoms with Crippen molar-refractivity contribution in [2.45, 2.75) is 19.8 Å². The highest BCUT2D eigenvalue weighted by Crippen LogP contribution is 2.01. The minimum atomic E-state index is 0.179. The van der Waals surface area contributed by atoms with Crippen LogP contribution in [0.5, 0.6) is 0 Å². The average Bonchev–Trinajstić information content (AvgIpc) is 2.36. The van der Waals surface area contributed by atoms with E-state index in [1.165, 1.54) is 0 Å². The van der Waals surface area contributed by atoms with Crippen molar-refractivity contribution in [3.05, 3.63) is 0 Å². The van der Waals surface area contributed by atoms with Crippen LogP contribution in [0, 0.1) is 0 Å². The number of hydrogen-bond acceptors (Lipinski definition) is 3. The fourth-order valence-electron chi connectivity index (χ4n) is 1.86. The maximum Gasteiger partial charge on any atom is 0.236 e. The lowest BCUT2D eigenvalue weighted by Gasteiger charge is -2.32. The van der Waals surface area contributed by atoms with Gasteiger partial charge in [-0.15, -0.1) is 0 Å². The molecule has 0 aromatic carbocycles. The smallest absolute Gasteiger partial charge is 0.236 e. The Morgan fingerprint density at radius 3 is 2.47 bits per heavy atom. The van der Waals surface area contributed by atoms with E-state index in [9.17, 15) is 9.59 Å². The summed E-state index contributed by atoms with van der Waals surface area (Å²) in [6.45, 7) is 6.50. The van der Waals surface area contributed by atoms with Crippen molar-refractivity contribution in [3.8, 4) is 0 Å². The highest BCUT2D eigenvalue weighted by Gasteiger charge is 2.19. The zero-order chi connectivity index (χ0) is 12.7. The first-order valence-electron chi connectivity index (χ1n) is 6.33. The molecule has 1 aliphatic rings. The fraction of sp³-hybridized carbons (Fsp3) is 0.833. The average molecular weight is 241 g/mol. The summed E-state index contributed by atoms with van der Waals surface area (Å²) in [5, 5.41) is 0. The monoisotopic (exact) mass is 241 g/mol. The van der Waals surface area contributed by atoms with Gasteiger partial charge in [-0.05, 0) is 6.42 Å². The molecule has 0 N–H and O–H groups in total. The van der Waals surface area contributed by atoms with Crippen LogP contribution in [0.3, 0.4) is 0 Å². The number of nitrogens with zero attached hydrogens (tertiary/aromatic N) is 3. The first kappa shape index (κ1) is 14.0. The second-order valence-electron chi connectivity index (χ2n) is 4.59. The Kier molecular flexibility index (Phi) is 5.97. The van der Waals surface area contributed by atoms with Crippen molar-refractivity contribution in [2.75, 3.05) is 46.3 Å². The van der Waals surface area contributed by atoms with E-state index >= 15 is 0 Å². The Bertz CT molecular complexity index is 250. The van der Waals surface area contributed by atoms with Gasteiger partial charge in [0.15, 0.2) is 0 Å². The molecule has 1 aliphatic heterocycles. The van der Waals surface area contributed by atoms with Gasteiger partial charge < -0.3 is 9.80 Å². The van der Waals surface area contributed by atoms with Gasteiger partial charge in [0.2, 0.25) is 12.3 Å². The van der Waals surface area contributed by atoms with Crippen LogP contribution in [0.2, 0.25) is 0 Å². The van der Waals surface area contributed by atoms with Crippen molar-refractivity contribution >= 4 is 12.3 Å². The molecule has 0 aromatic rings. The molecule has 0 aliphatic carbocycles. The largest absolute Gasteiger partial charge is 0.345 e. The van der Waals surface area contributed by atoms with E-state index in [4.69, 9.17) is 0 Å². The highest BCUT2D eigenvalue weighted by atomic mass is 16.2. The standard InChI is InChI=1S/C12H23N3O2/c1-3-4-5-13(2)12(17)10-14-6-8-15(11-16)9-7-14/h11H,3-10H2,1-2H3. The molecule has 1 heterocycles. The van der Waals surface area contributed by atoms with Crippen molar-refractivity contribution in [3.63, 3.8) is 0 Å². The summed E-state index contributed by atoms with van der Waals surface area (Å²) >= 11 is 0. The summed E-state index contributed by atoms with van der Waals surface area (Å²) in [5.41, 5.74) is 0. The summed E-state index contributed by atoms with van der Waals surface area (Å²) in [6.07, 6.45) is 3.04. The van der Waals surface area contributed by atoms with Crippen LogP contribution in [0.15, 0.2) is 0 Å². The van der Waals surface area contributed by atoms with Gasteiger partial charge in [0, 0.05) is 39.8 Å². The predicted molar refractivity (Wildman–Crippen MR) is 66.6 cm³/mol. The zero-order valence-corrected chi connectivity index (χ0v) is 10.9. The summed E-state index contributed by atoms with van der Waals surface area (Å²) < 4.78 is 0. The summed E-state index contributed by atoms with van der Waals surface area (Å²) in [7, 11) is 1.86. The third kappa shape index (κ3) is 4.73. The lowest BCUT2D eigenvalue weighted by molar-refractivity contribution is -0.131. The fourth-order valence-corrected chi connectivity index (χ4v) is 1.86. The number of unbranched alkanes of at least 4 members (excludes halogenated alkanes) is 1. The van der Waals surface area contributed by atoms with Crippen molar-refractivity contribution in [2.24, 2.45) is 0 Å². The molecule has 0 unspecified atom stereocenters. The molecule has 0 spiro atoms. The maximum absolute atomic E-state index is 11.9. The molecule has 0 radical (unpaired) electrons. The van der Waals surface area contributed by atoms with E-state index < -0.39 is 0 Å². The number of amides is 2. The molecule has 98 valence electrons. The van der Waals surface area contributed by atoms with Gasteiger partial charge in [0.1, 0.15) is 0 Å². The lowest BCUT2D eigenvalue weighted by atomic mass is 10.3. The van der Waals surface area contributed by atoms with Crippen molar-refractivity contribution < 1.29 is 9.59 Å². The summed E-state index contributed by atoms with van der Waals surface area (Å²) in [5.74, 6) is 0.179. The lowest BCUT2D eigenvalue weighted by Crippen LogP contribution is -2.49. The van der Waals surface area contributed by atoms with Crippen molar-refractivity contribution in [1.82, 2.24) is 14.7 Å². The van der Waals surface area contributed by atoms with Crippen LogP contribution in [0.1, 0.15) is 19.8 Å². The molecular weight excluding hydrogens is 218 g/mol. The van der Waals surface area contributed by atoms with Gasteiger partial charge in [-0.1, -0.05) is 13.3 Å². The number of carbonyl (C=O) groups is 2. The molecule has 5 nitrogen and oxygen atoms in total. The molecule has 17 heavy (non-hydrogen) atoms. The number of likely N-dealkylation sites (N-methyl/N-ethyl adjacent to an activating group) is 1. The molecule has 0 bridgehead atoms. The SMILES string of the molecule is CCCCN(C)C(=O)CN1CCN(C=O)CC1. The number of carbonyl (C=O) groups excluding carboxylic acids is 2. The minimum absolute atomic E-state index is 0.179. The number of piperazine rings is 1. The Morgan fingerprint density at radius 2 is 1.94 bits per heavy atom. The van der Waals surface area contributed by atoms with E-state index in [1.807, 2.05) is 7.05 Å². The van der Waals surface area contributed by atoms with Crippen LogP contribution < -0.4 is 0 Å². The van der Waals surface area contributed by atoms with Gasteiger partial charge >= 0.3 is 0 Å². The van der Waals surface area contributed by atoms with E-state index in [0.29, 0.717) is 6.54 Å². The molecule has 1 fully saturated rings. The second-order valence-corrected chi connectivity index (χ2v) is 4.59. The molecular formula is C12H23N3O2. The van der Waals surface area contributed by atoms with Gasteiger partial charge in [-0.2, -0.15) is 0 Å². The summed E-state index contributed by atoms with van der Waals surface area (Å²) in [4.78, 5) is 28.1. The third-order valence-corrected chi connectivity index (χ3v) is 3.19. The van der Waals surface area contributed by atoms with Crippen LogP contribution in [-0.2, 0) is 9.59 Å². The summed E-state index contributed by atoms with van der Waals surface area (Å²) in [6, 6.07) is 0. The topological polar surface area (TPSA) is 43.9 Å². The molecule has 1 saturated heterocycles. The van der Waals surface area contributed by atoms with Gasteiger partial charge in [0.05, 0.1) is 6.54 Å². The van der Waals surface area contributed by atoms with E-state index in [-0.39, 0.29) is 5.91 Å². The van der Waals surface area contributed by atoms with Crippen LogP contribution in [0.25, 0.3) is 0 Å². The van der Waals surface area contributed by atoms with E-state index in [0.717, 1.165) is 52.0 Å². The molecule has 1 rings (SSSR count). The predicted octanol–water partition coefficient (Wildman–Crippen LogP) is 0.0189. The normalized spacial score (nSPS) is 16.9. The Morgan fingerprint density at radius 1 is 1.29 bits per heavy atom. The van der Waals surface area contributed by atoms with E-state index in [2.05, 4.69) is 11.8 Å². The first-order valence-corrected chi connectivity index (χ1v) is 6.33. The second kappa shape index (κ2) is 7.27.